The van der Waals surface area contributed by atoms with Gasteiger partial charge in [-0.1, -0.05) is 0 Å². The molecule has 0 spiro atoms. The molecule has 94 valence electrons. The maximum absolute atomic E-state index is 10.6. The Morgan fingerprint density at radius 1 is 1.38 bits per heavy atom. The number of carbonyl (C=O) groups excluding carboxylic acids is 1. The van der Waals surface area contributed by atoms with E-state index in [2.05, 4.69) is 12.2 Å². The van der Waals surface area contributed by atoms with Crippen molar-refractivity contribution >= 4 is 11.9 Å². The first kappa shape index (κ1) is 14.7. The number of alkyl halides is 3. The van der Waals surface area contributed by atoms with Crippen LogP contribution in [0.25, 0.3) is 0 Å². The van der Waals surface area contributed by atoms with E-state index in [1.165, 1.54) is 0 Å². The fourth-order valence-electron chi connectivity index (χ4n) is 1.15. The molecule has 0 bridgehead atoms. The number of hydrogen-bond donors (Lipinski definition) is 3. The van der Waals surface area contributed by atoms with E-state index in [9.17, 15) is 18.0 Å². The summed E-state index contributed by atoms with van der Waals surface area (Å²) < 4.78 is 31.7. The maximum Gasteiger partial charge on any atom is 0.490 e. The van der Waals surface area contributed by atoms with Crippen LogP contribution in [0.1, 0.15) is 19.8 Å². The lowest BCUT2D eigenvalue weighted by Gasteiger charge is -2.05. The summed E-state index contributed by atoms with van der Waals surface area (Å²) >= 11 is 0. The Morgan fingerprint density at radius 2 is 1.81 bits per heavy atom. The Kier molecular flexibility index (Phi) is 5.22. The van der Waals surface area contributed by atoms with Crippen molar-refractivity contribution in [3.8, 4) is 0 Å². The van der Waals surface area contributed by atoms with Crippen molar-refractivity contribution in [1.29, 1.82) is 0 Å². The van der Waals surface area contributed by atoms with Crippen LogP contribution in [0.5, 0.6) is 0 Å². The van der Waals surface area contributed by atoms with Crippen LogP contribution in [0.3, 0.4) is 0 Å². The SMILES string of the molecule is C[C@H]1CC[C@@H](C(N)=O)N1.O=C(O)C(F)(F)F. The molecule has 8 heteroatoms. The zero-order valence-corrected chi connectivity index (χ0v) is 8.54. The molecule has 0 radical (unpaired) electrons. The van der Waals surface area contributed by atoms with Crippen molar-refractivity contribution in [2.75, 3.05) is 0 Å². The second kappa shape index (κ2) is 5.69. The summed E-state index contributed by atoms with van der Waals surface area (Å²) in [5, 5.41) is 10.2. The number of nitrogens with two attached hydrogens (primary N) is 1. The van der Waals surface area contributed by atoms with Crippen molar-refractivity contribution < 1.29 is 27.9 Å². The quantitative estimate of drug-likeness (QED) is 0.614. The van der Waals surface area contributed by atoms with Crippen LogP contribution < -0.4 is 11.1 Å². The number of rotatable bonds is 1. The first-order valence-corrected chi connectivity index (χ1v) is 4.50. The molecular weight excluding hydrogens is 229 g/mol. The molecule has 0 aliphatic carbocycles. The number of carbonyl (C=O) groups is 2. The van der Waals surface area contributed by atoms with E-state index in [4.69, 9.17) is 15.6 Å². The molecule has 1 fully saturated rings. The fourth-order valence-corrected chi connectivity index (χ4v) is 1.15. The Hall–Kier alpha value is -1.31. The molecule has 5 nitrogen and oxygen atoms in total. The number of hydrogen-bond acceptors (Lipinski definition) is 3. The number of carboxylic acid groups (broad SMARTS) is 1. The molecule has 0 aromatic heterocycles. The highest BCUT2D eigenvalue weighted by atomic mass is 19.4. The molecule has 1 aliphatic heterocycles. The van der Waals surface area contributed by atoms with Gasteiger partial charge in [0.1, 0.15) is 0 Å². The molecule has 0 aromatic carbocycles. The number of halogens is 3. The van der Waals surface area contributed by atoms with Gasteiger partial charge < -0.3 is 16.2 Å². The number of nitrogens with one attached hydrogen (secondary N) is 1. The minimum absolute atomic E-state index is 0.0694. The van der Waals surface area contributed by atoms with E-state index in [0.717, 1.165) is 12.8 Å². The Labute approximate surface area is 89.8 Å². The minimum Gasteiger partial charge on any atom is -0.475 e. The highest BCUT2D eigenvalue weighted by Gasteiger charge is 2.38. The van der Waals surface area contributed by atoms with Crippen molar-refractivity contribution in [2.24, 2.45) is 5.73 Å². The predicted molar refractivity (Wildman–Crippen MR) is 48.5 cm³/mol. The second-order valence-electron chi connectivity index (χ2n) is 3.40. The number of amides is 1. The van der Waals surface area contributed by atoms with Gasteiger partial charge >= 0.3 is 12.1 Å². The average Bonchev–Trinajstić information content (AvgIpc) is 2.51. The van der Waals surface area contributed by atoms with Crippen LogP contribution >= 0.6 is 0 Å². The molecule has 1 rings (SSSR count). The van der Waals surface area contributed by atoms with Gasteiger partial charge in [0.05, 0.1) is 6.04 Å². The molecule has 2 atom stereocenters. The van der Waals surface area contributed by atoms with Gasteiger partial charge in [-0.3, -0.25) is 4.79 Å². The number of primary amides is 1. The van der Waals surface area contributed by atoms with Gasteiger partial charge in [-0.25, -0.2) is 4.79 Å². The first-order chi connectivity index (χ1) is 7.14. The third-order valence-corrected chi connectivity index (χ3v) is 1.96. The molecule has 0 unspecified atom stereocenters. The zero-order chi connectivity index (χ0) is 12.9. The van der Waals surface area contributed by atoms with Crippen LogP contribution in [0.4, 0.5) is 13.2 Å². The topological polar surface area (TPSA) is 92.4 Å². The lowest BCUT2D eigenvalue weighted by molar-refractivity contribution is -0.192. The highest BCUT2D eigenvalue weighted by molar-refractivity contribution is 5.80. The van der Waals surface area contributed by atoms with Gasteiger partial charge in [0.2, 0.25) is 5.91 Å². The summed E-state index contributed by atoms with van der Waals surface area (Å²) in [6.45, 7) is 2.06. The van der Waals surface area contributed by atoms with E-state index < -0.39 is 12.1 Å². The molecule has 1 aliphatic rings. The van der Waals surface area contributed by atoms with Crippen molar-refractivity contribution in [1.82, 2.24) is 5.32 Å². The molecule has 4 N–H and O–H groups in total. The van der Waals surface area contributed by atoms with Crippen LogP contribution in [0.2, 0.25) is 0 Å². The van der Waals surface area contributed by atoms with Gasteiger partial charge in [-0.2, -0.15) is 13.2 Å². The summed E-state index contributed by atoms with van der Waals surface area (Å²) in [5.74, 6) is -2.98. The van der Waals surface area contributed by atoms with Gasteiger partial charge in [-0.15, -0.1) is 0 Å². The fraction of sp³-hybridized carbons (Fsp3) is 0.750. The summed E-state index contributed by atoms with van der Waals surface area (Å²) in [7, 11) is 0. The lowest BCUT2D eigenvalue weighted by atomic mass is 10.2. The molecule has 0 saturated carbocycles. The minimum atomic E-state index is -5.08. The van der Waals surface area contributed by atoms with E-state index >= 15 is 0 Å². The Morgan fingerprint density at radius 3 is 1.94 bits per heavy atom. The van der Waals surface area contributed by atoms with Gasteiger partial charge in [0, 0.05) is 6.04 Å². The van der Waals surface area contributed by atoms with Crippen LogP contribution in [-0.4, -0.2) is 35.2 Å². The third-order valence-electron chi connectivity index (χ3n) is 1.96. The van der Waals surface area contributed by atoms with Crippen LogP contribution in [0, 0.1) is 0 Å². The van der Waals surface area contributed by atoms with E-state index in [1.54, 1.807) is 0 Å². The lowest BCUT2D eigenvalue weighted by Crippen LogP contribution is -2.38. The second-order valence-corrected chi connectivity index (χ2v) is 3.40. The first-order valence-electron chi connectivity index (χ1n) is 4.50. The Balaban J connectivity index is 0.000000293. The molecule has 1 amide bonds. The van der Waals surface area contributed by atoms with Crippen molar-refractivity contribution in [2.45, 2.75) is 38.0 Å². The molecule has 16 heavy (non-hydrogen) atoms. The van der Waals surface area contributed by atoms with Crippen LogP contribution in [0.15, 0.2) is 0 Å². The molecule has 0 aromatic rings. The Bertz CT molecular complexity index is 268. The van der Waals surface area contributed by atoms with Crippen LogP contribution in [-0.2, 0) is 9.59 Å². The summed E-state index contributed by atoms with van der Waals surface area (Å²) in [6.07, 6.45) is -3.12. The van der Waals surface area contributed by atoms with Gasteiger partial charge in [0.25, 0.3) is 0 Å². The predicted octanol–water partition coefficient (Wildman–Crippen LogP) is 0.246. The van der Waals surface area contributed by atoms with E-state index in [1.807, 2.05) is 0 Å². The molecule has 1 heterocycles. The summed E-state index contributed by atoms with van der Waals surface area (Å²) in [4.78, 5) is 19.4. The third kappa shape index (κ3) is 5.54. The number of carboxylic acids is 1. The van der Waals surface area contributed by atoms with E-state index in [-0.39, 0.29) is 11.9 Å². The zero-order valence-electron chi connectivity index (χ0n) is 8.54. The molecular formula is C8H13F3N2O3. The van der Waals surface area contributed by atoms with E-state index in [0.29, 0.717) is 6.04 Å². The maximum atomic E-state index is 10.6. The standard InChI is InChI=1S/C6H12N2O.C2HF3O2/c1-4-2-3-5(8-4)6(7)9;3-2(4,5)1(6)7/h4-5,8H,2-3H2,1H3,(H2,7,9);(H,6,7)/t4-,5-;/m0./s1. The summed E-state index contributed by atoms with van der Waals surface area (Å²) in [6, 6.07) is 0.391. The molecule has 1 saturated heterocycles. The smallest absolute Gasteiger partial charge is 0.475 e. The van der Waals surface area contributed by atoms with Crippen molar-refractivity contribution in [3.05, 3.63) is 0 Å². The van der Waals surface area contributed by atoms with Crippen molar-refractivity contribution in [3.63, 3.8) is 0 Å². The van der Waals surface area contributed by atoms with Gasteiger partial charge in [0.15, 0.2) is 0 Å². The monoisotopic (exact) mass is 242 g/mol. The van der Waals surface area contributed by atoms with Gasteiger partial charge in [-0.05, 0) is 19.8 Å². The average molecular weight is 242 g/mol. The largest absolute Gasteiger partial charge is 0.490 e. The summed E-state index contributed by atoms with van der Waals surface area (Å²) in [5.41, 5.74) is 5.06. The highest BCUT2D eigenvalue weighted by Crippen LogP contribution is 2.13. The number of aliphatic carboxylic acids is 1. The normalized spacial score (nSPS) is 24.5.